The van der Waals surface area contributed by atoms with Crippen molar-refractivity contribution in [3.8, 4) is 17.2 Å². The molecule has 0 fully saturated rings. The number of ether oxygens (including phenoxy) is 3. The first-order chi connectivity index (χ1) is 13.4. The standard InChI is InChI=1S/C22H19NO5/c1-13-15(10-14-6-4-5-7-18(14)26-13)11-20-21(24)17-9-8-16(12-19(17)28-20)27-22(25)23(2)3/h4-13H,1-3H3/b20-11-/t13-/m0/s1. The van der Waals surface area contributed by atoms with Crippen LogP contribution < -0.4 is 14.2 Å². The molecule has 2 aromatic rings. The molecule has 0 unspecified atom stereocenters. The van der Waals surface area contributed by atoms with Gasteiger partial charge in [0.1, 0.15) is 23.4 Å². The Kier molecular flexibility index (Phi) is 4.39. The average Bonchev–Trinajstić information content (AvgIpc) is 2.97. The van der Waals surface area contributed by atoms with E-state index in [9.17, 15) is 9.59 Å². The second-order valence-corrected chi connectivity index (χ2v) is 6.80. The number of carbonyl (C=O) groups is 2. The van der Waals surface area contributed by atoms with Gasteiger partial charge in [-0.25, -0.2) is 4.79 Å². The van der Waals surface area contributed by atoms with Crippen molar-refractivity contribution in [3.05, 3.63) is 71.0 Å². The molecule has 2 aliphatic heterocycles. The van der Waals surface area contributed by atoms with Crippen LogP contribution in [-0.2, 0) is 0 Å². The maximum Gasteiger partial charge on any atom is 0.414 e. The Bertz CT molecular complexity index is 1030. The van der Waals surface area contributed by atoms with E-state index >= 15 is 0 Å². The number of fused-ring (bicyclic) bond motifs is 2. The van der Waals surface area contributed by atoms with E-state index in [1.54, 1.807) is 38.4 Å². The van der Waals surface area contributed by atoms with Gasteiger partial charge < -0.3 is 19.1 Å². The maximum atomic E-state index is 12.7. The number of rotatable bonds is 2. The molecule has 0 aliphatic carbocycles. The second kappa shape index (κ2) is 6.88. The van der Waals surface area contributed by atoms with Crippen molar-refractivity contribution in [3.63, 3.8) is 0 Å². The molecule has 2 heterocycles. The molecule has 1 atom stereocenters. The molecule has 28 heavy (non-hydrogen) atoms. The van der Waals surface area contributed by atoms with Gasteiger partial charge in [-0.15, -0.1) is 0 Å². The third kappa shape index (κ3) is 3.24. The second-order valence-electron chi connectivity index (χ2n) is 6.80. The lowest BCUT2D eigenvalue weighted by Crippen LogP contribution is -2.25. The van der Waals surface area contributed by atoms with E-state index in [2.05, 4.69) is 0 Å². The van der Waals surface area contributed by atoms with Gasteiger partial charge >= 0.3 is 6.09 Å². The summed E-state index contributed by atoms with van der Waals surface area (Å²) in [6.07, 6.45) is 2.98. The van der Waals surface area contributed by atoms with Crippen molar-refractivity contribution in [2.45, 2.75) is 13.0 Å². The van der Waals surface area contributed by atoms with Crippen molar-refractivity contribution in [1.82, 2.24) is 4.90 Å². The van der Waals surface area contributed by atoms with Crippen molar-refractivity contribution in [2.75, 3.05) is 14.1 Å². The van der Waals surface area contributed by atoms with Crippen molar-refractivity contribution in [2.24, 2.45) is 0 Å². The number of benzene rings is 2. The summed E-state index contributed by atoms with van der Waals surface area (Å²) in [6, 6.07) is 12.4. The number of nitrogens with zero attached hydrogens (tertiary/aromatic N) is 1. The Morgan fingerprint density at radius 3 is 2.71 bits per heavy atom. The van der Waals surface area contributed by atoms with E-state index in [0.29, 0.717) is 17.1 Å². The number of amides is 1. The molecule has 6 nitrogen and oxygen atoms in total. The van der Waals surface area contributed by atoms with Crippen LogP contribution in [0.1, 0.15) is 22.8 Å². The largest absolute Gasteiger partial charge is 0.485 e. The normalized spacial score (nSPS) is 18.5. The van der Waals surface area contributed by atoms with Crippen LogP contribution in [0.3, 0.4) is 0 Å². The zero-order valence-electron chi connectivity index (χ0n) is 15.8. The van der Waals surface area contributed by atoms with Crippen LogP contribution in [0.15, 0.2) is 59.9 Å². The van der Waals surface area contributed by atoms with Crippen molar-refractivity contribution >= 4 is 18.0 Å². The molecule has 6 heteroatoms. The van der Waals surface area contributed by atoms with Gasteiger partial charge in [-0.3, -0.25) is 4.79 Å². The summed E-state index contributed by atoms with van der Waals surface area (Å²) in [4.78, 5) is 25.7. The Balaban J connectivity index is 1.61. The number of hydrogen-bond acceptors (Lipinski definition) is 5. The zero-order chi connectivity index (χ0) is 19.8. The summed E-state index contributed by atoms with van der Waals surface area (Å²) < 4.78 is 16.9. The topological polar surface area (TPSA) is 65.1 Å². The van der Waals surface area contributed by atoms with E-state index in [-0.39, 0.29) is 17.6 Å². The van der Waals surface area contributed by atoms with Crippen LogP contribution in [0.5, 0.6) is 17.2 Å². The molecular formula is C22H19NO5. The third-order valence-corrected chi connectivity index (χ3v) is 4.52. The predicted molar refractivity (Wildman–Crippen MR) is 104 cm³/mol. The molecule has 0 saturated carbocycles. The Labute approximate surface area is 162 Å². The zero-order valence-corrected chi connectivity index (χ0v) is 15.8. The first-order valence-electron chi connectivity index (χ1n) is 8.87. The van der Waals surface area contributed by atoms with E-state index in [4.69, 9.17) is 14.2 Å². The summed E-state index contributed by atoms with van der Waals surface area (Å²) in [7, 11) is 3.19. The van der Waals surface area contributed by atoms with Gasteiger partial charge in [0.05, 0.1) is 5.56 Å². The molecule has 2 aliphatic rings. The lowest BCUT2D eigenvalue weighted by molar-refractivity contribution is 0.101. The molecule has 4 rings (SSSR count). The number of para-hydroxylation sites is 1. The third-order valence-electron chi connectivity index (χ3n) is 4.52. The van der Waals surface area contributed by atoms with Crippen molar-refractivity contribution in [1.29, 1.82) is 0 Å². The van der Waals surface area contributed by atoms with E-state index in [0.717, 1.165) is 16.9 Å². The lowest BCUT2D eigenvalue weighted by Gasteiger charge is -2.22. The Morgan fingerprint density at radius 2 is 1.93 bits per heavy atom. The average molecular weight is 377 g/mol. The molecular weight excluding hydrogens is 358 g/mol. The quantitative estimate of drug-likeness (QED) is 0.738. The van der Waals surface area contributed by atoms with Gasteiger partial charge in [0.15, 0.2) is 5.76 Å². The number of Topliss-reactive ketones (excluding diaryl/α,β-unsaturated/α-hetero) is 1. The molecule has 0 N–H and O–H groups in total. The minimum Gasteiger partial charge on any atom is -0.485 e. The number of allylic oxidation sites excluding steroid dienone is 1. The number of hydrogen-bond donors (Lipinski definition) is 0. The highest BCUT2D eigenvalue weighted by Gasteiger charge is 2.29. The van der Waals surface area contributed by atoms with Gasteiger partial charge in [-0.2, -0.15) is 0 Å². The summed E-state index contributed by atoms with van der Waals surface area (Å²) in [5.41, 5.74) is 2.23. The summed E-state index contributed by atoms with van der Waals surface area (Å²) in [6.45, 7) is 1.92. The van der Waals surface area contributed by atoms with Gasteiger partial charge in [-0.05, 0) is 42.8 Å². The van der Waals surface area contributed by atoms with E-state index in [1.165, 1.54) is 4.90 Å². The molecule has 0 saturated heterocycles. The fraction of sp³-hybridized carbons (Fsp3) is 0.182. The molecule has 2 aromatic carbocycles. The SMILES string of the molecule is C[C@@H]1Oc2ccccc2C=C1/C=C1\Oc2cc(OC(=O)N(C)C)ccc2C1=O. The fourth-order valence-electron chi connectivity index (χ4n) is 3.00. The number of ketones is 1. The number of carbonyl (C=O) groups excluding carboxylic acids is 2. The Hall–Kier alpha value is -3.54. The van der Waals surface area contributed by atoms with Crippen LogP contribution in [-0.4, -0.2) is 37.0 Å². The highest BCUT2D eigenvalue weighted by molar-refractivity contribution is 6.12. The fourth-order valence-corrected chi connectivity index (χ4v) is 3.00. The van der Waals surface area contributed by atoms with Crippen LogP contribution in [0.2, 0.25) is 0 Å². The van der Waals surface area contributed by atoms with Crippen LogP contribution in [0.25, 0.3) is 6.08 Å². The Morgan fingerprint density at radius 1 is 1.14 bits per heavy atom. The molecule has 0 radical (unpaired) electrons. The minimum absolute atomic E-state index is 0.209. The summed E-state index contributed by atoms with van der Waals surface area (Å²) in [5.74, 6) is 1.49. The molecule has 1 amide bonds. The molecule has 0 bridgehead atoms. The molecule has 0 spiro atoms. The van der Waals surface area contributed by atoms with Gasteiger partial charge in [0, 0.05) is 25.7 Å². The highest BCUT2D eigenvalue weighted by Crippen LogP contribution is 2.36. The monoisotopic (exact) mass is 377 g/mol. The highest BCUT2D eigenvalue weighted by atomic mass is 16.6. The summed E-state index contributed by atoms with van der Waals surface area (Å²) >= 11 is 0. The molecule has 0 aromatic heterocycles. The maximum absolute atomic E-state index is 12.7. The van der Waals surface area contributed by atoms with Crippen LogP contribution >= 0.6 is 0 Å². The smallest absolute Gasteiger partial charge is 0.414 e. The first-order valence-corrected chi connectivity index (χ1v) is 8.87. The van der Waals surface area contributed by atoms with Crippen molar-refractivity contribution < 1.29 is 23.8 Å². The molecule has 142 valence electrons. The van der Waals surface area contributed by atoms with Gasteiger partial charge in [0.25, 0.3) is 0 Å². The predicted octanol–water partition coefficient (Wildman–Crippen LogP) is 4.07. The van der Waals surface area contributed by atoms with Crippen LogP contribution in [0, 0.1) is 0 Å². The van der Waals surface area contributed by atoms with E-state index in [1.807, 2.05) is 37.3 Å². The minimum atomic E-state index is -0.503. The van der Waals surface area contributed by atoms with E-state index < -0.39 is 6.09 Å². The van der Waals surface area contributed by atoms with Gasteiger partial charge in [-0.1, -0.05) is 18.2 Å². The first kappa shape index (κ1) is 17.9. The van der Waals surface area contributed by atoms with Gasteiger partial charge in [0.2, 0.25) is 5.78 Å². The van der Waals surface area contributed by atoms with Crippen LogP contribution in [0.4, 0.5) is 4.79 Å². The summed E-state index contributed by atoms with van der Waals surface area (Å²) in [5, 5.41) is 0. The lowest BCUT2D eigenvalue weighted by atomic mass is 10.0.